The van der Waals surface area contributed by atoms with Gasteiger partial charge >= 0.3 is 0 Å². The molecule has 0 aliphatic heterocycles. The van der Waals surface area contributed by atoms with Gasteiger partial charge in [0.05, 0.1) is 0 Å². The quantitative estimate of drug-likeness (QED) is 0.821. The molecular weight excluding hydrogens is 256 g/mol. The first-order valence-electron chi connectivity index (χ1n) is 7.63. The van der Waals surface area contributed by atoms with Crippen LogP contribution in [0.4, 0.5) is 8.78 Å². The summed E-state index contributed by atoms with van der Waals surface area (Å²) in [7, 11) is 0. The lowest BCUT2D eigenvalue weighted by Gasteiger charge is -2.48. The van der Waals surface area contributed by atoms with Crippen LogP contribution >= 0.6 is 0 Å². The van der Waals surface area contributed by atoms with E-state index < -0.39 is 11.6 Å². The second-order valence-corrected chi connectivity index (χ2v) is 6.61. The lowest BCUT2D eigenvalue weighted by Crippen LogP contribution is -2.49. The topological polar surface area (TPSA) is 12.0 Å². The zero-order chi connectivity index (χ0) is 14.8. The molecule has 3 heteroatoms. The Bertz CT molecular complexity index is 450. The molecule has 0 saturated heterocycles. The van der Waals surface area contributed by atoms with Crippen LogP contribution in [0.5, 0.6) is 0 Å². The van der Waals surface area contributed by atoms with Gasteiger partial charge in [0.25, 0.3) is 0 Å². The molecule has 20 heavy (non-hydrogen) atoms. The van der Waals surface area contributed by atoms with Crippen molar-refractivity contribution in [2.75, 3.05) is 13.1 Å². The van der Waals surface area contributed by atoms with E-state index in [0.717, 1.165) is 38.4 Å². The molecule has 1 aliphatic rings. The molecule has 0 heterocycles. The average Bonchev–Trinajstić information content (AvgIpc) is 2.32. The van der Waals surface area contributed by atoms with E-state index in [-0.39, 0.29) is 5.41 Å². The number of hydrogen-bond donors (Lipinski definition) is 1. The van der Waals surface area contributed by atoms with Gasteiger partial charge in [0.15, 0.2) is 0 Å². The predicted octanol–water partition coefficient (Wildman–Crippen LogP) is 4.27. The highest BCUT2D eigenvalue weighted by Crippen LogP contribution is 2.49. The molecule has 1 nitrogen and oxygen atoms in total. The fraction of sp³-hybridized carbons (Fsp3) is 0.647. The molecule has 1 aromatic carbocycles. The molecule has 112 valence electrons. The van der Waals surface area contributed by atoms with Crippen molar-refractivity contribution in [2.24, 2.45) is 11.8 Å². The fourth-order valence-corrected chi connectivity index (χ4v) is 3.31. The third kappa shape index (κ3) is 3.20. The van der Waals surface area contributed by atoms with Crippen LogP contribution in [0.2, 0.25) is 0 Å². The second kappa shape index (κ2) is 6.21. The molecule has 0 spiro atoms. The highest BCUT2D eigenvalue weighted by atomic mass is 19.1. The van der Waals surface area contributed by atoms with Gasteiger partial charge in [-0.1, -0.05) is 33.3 Å². The van der Waals surface area contributed by atoms with Crippen LogP contribution in [0.3, 0.4) is 0 Å². The second-order valence-electron chi connectivity index (χ2n) is 6.61. The smallest absolute Gasteiger partial charge is 0.129 e. The van der Waals surface area contributed by atoms with Gasteiger partial charge in [-0.2, -0.15) is 0 Å². The van der Waals surface area contributed by atoms with Crippen molar-refractivity contribution in [3.63, 3.8) is 0 Å². The van der Waals surface area contributed by atoms with Crippen molar-refractivity contribution in [2.45, 2.75) is 45.4 Å². The van der Waals surface area contributed by atoms with Gasteiger partial charge < -0.3 is 5.32 Å². The van der Waals surface area contributed by atoms with E-state index in [1.54, 1.807) is 6.07 Å². The third-order valence-electron chi connectivity index (χ3n) is 4.45. The van der Waals surface area contributed by atoms with Crippen LogP contribution in [0.25, 0.3) is 0 Å². The molecule has 0 aromatic heterocycles. The molecule has 0 amide bonds. The summed E-state index contributed by atoms with van der Waals surface area (Å²) in [5.74, 6) is 0.348. The SMILES string of the molecule is CCC1CC(CNCC(C)C)(c2ccc(F)cc2F)C1. The van der Waals surface area contributed by atoms with Gasteiger partial charge in [-0.3, -0.25) is 0 Å². The van der Waals surface area contributed by atoms with Crippen LogP contribution in [0.15, 0.2) is 18.2 Å². The van der Waals surface area contributed by atoms with Gasteiger partial charge in [0, 0.05) is 18.0 Å². The van der Waals surface area contributed by atoms with Crippen LogP contribution in [-0.4, -0.2) is 13.1 Å². The molecule has 1 aromatic rings. The molecule has 2 rings (SSSR count). The maximum atomic E-state index is 14.1. The molecule has 0 atom stereocenters. The zero-order valence-electron chi connectivity index (χ0n) is 12.7. The number of rotatable bonds is 6. The monoisotopic (exact) mass is 281 g/mol. The van der Waals surface area contributed by atoms with E-state index >= 15 is 0 Å². The Morgan fingerprint density at radius 1 is 1.30 bits per heavy atom. The first-order valence-corrected chi connectivity index (χ1v) is 7.63. The maximum Gasteiger partial charge on any atom is 0.129 e. The summed E-state index contributed by atoms with van der Waals surface area (Å²) in [6.07, 6.45) is 3.13. The van der Waals surface area contributed by atoms with Crippen molar-refractivity contribution >= 4 is 0 Å². The molecule has 1 aliphatic carbocycles. The molecule has 1 saturated carbocycles. The Balaban J connectivity index is 2.15. The van der Waals surface area contributed by atoms with Gasteiger partial charge in [-0.15, -0.1) is 0 Å². The molecule has 1 N–H and O–H groups in total. The Hall–Kier alpha value is -0.960. The molecular formula is C17H25F2N. The van der Waals surface area contributed by atoms with Crippen molar-refractivity contribution in [1.29, 1.82) is 0 Å². The molecule has 0 radical (unpaired) electrons. The minimum atomic E-state index is -0.497. The summed E-state index contributed by atoms with van der Waals surface area (Å²) in [5, 5.41) is 3.45. The largest absolute Gasteiger partial charge is 0.316 e. The Morgan fingerprint density at radius 3 is 2.55 bits per heavy atom. The van der Waals surface area contributed by atoms with Crippen LogP contribution in [-0.2, 0) is 5.41 Å². The first-order chi connectivity index (χ1) is 9.47. The van der Waals surface area contributed by atoms with Crippen LogP contribution < -0.4 is 5.32 Å². The van der Waals surface area contributed by atoms with E-state index in [1.807, 2.05) is 0 Å². The third-order valence-corrected chi connectivity index (χ3v) is 4.45. The Labute approximate surface area is 120 Å². The van der Waals surface area contributed by atoms with Crippen LogP contribution in [0.1, 0.15) is 45.6 Å². The lowest BCUT2D eigenvalue weighted by molar-refractivity contribution is 0.128. The van der Waals surface area contributed by atoms with Crippen molar-refractivity contribution in [1.82, 2.24) is 5.32 Å². The maximum absolute atomic E-state index is 14.1. The minimum Gasteiger partial charge on any atom is -0.316 e. The van der Waals surface area contributed by atoms with Gasteiger partial charge in [-0.25, -0.2) is 8.78 Å². The van der Waals surface area contributed by atoms with E-state index in [0.29, 0.717) is 17.4 Å². The standard InChI is InChI=1S/C17H25F2N/c1-4-13-8-17(9-13,11-20-10-12(2)3)15-6-5-14(18)7-16(15)19/h5-7,12-13,20H,4,8-11H2,1-3H3. The normalized spacial score (nSPS) is 25.8. The summed E-state index contributed by atoms with van der Waals surface area (Å²) >= 11 is 0. The van der Waals surface area contributed by atoms with Crippen molar-refractivity contribution < 1.29 is 8.78 Å². The van der Waals surface area contributed by atoms with E-state index in [9.17, 15) is 8.78 Å². The number of nitrogens with one attached hydrogen (secondary N) is 1. The minimum absolute atomic E-state index is 0.145. The lowest BCUT2D eigenvalue weighted by atomic mass is 9.57. The first kappa shape index (κ1) is 15.4. The summed E-state index contributed by atoms with van der Waals surface area (Å²) in [4.78, 5) is 0. The highest BCUT2D eigenvalue weighted by Gasteiger charge is 2.45. The molecule has 0 bridgehead atoms. The van der Waals surface area contributed by atoms with E-state index in [4.69, 9.17) is 0 Å². The molecule has 1 fully saturated rings. The van der Waals surface area contributed by atoms with Gasteiger partial charge in [-0.05, 0) is 42.9 Å². The van der Waals surface area contributed by atoms with Gasteiger partial charge in [0.1, 0.15) is 11.6 Å². The zero-order valence-corrected chi connectivity index (χ0v) is 12.7. The summed E-state index contributed by atoms with van der Waals surface area (Å²) in [5.41, 5.74) is 0.535. The van der Waals surface area contributed by atoms with Crippen molar-refractivity contribution in [3.8, 4) is 0 Å². The Morgan fingerprint density at radius 2 is 2.00 bits per heavy atom. The molecule has 0 unspecified atom stereocenters. The average molecular weight is 281 g/mol. The Kier molecular flexibility index (Phi) is 4.79. The number of halogens is 2. The highest BCUT2D eigenvalue weighted by molar-refractivity contribution is 5.31. The fourth-order valence-electron chi connectivity index (χ4n) is 3.31. The van der Waals surface area contributed by atoms with Crippen LogP contribution in [0, 0.1) is 23.5 Å². The summed E-state index contributed by atoms with van der Waals surface area (Å²) in [6, 6.07) is 4.02. The van der Waals surface area contributed by atoms with E-state index in [1.165, 1.54) is 6.07 Å². The van der Waals surface area contributed by atoms with Crippen molar-refractivity contribution in [3.05, 3.63) is 35.4 Å². The van der Waals surface area contributed by atoms with E-state index in [2.05, 4.69) is 26.1 Å². The predicted molar refractivity (Wildman–Crippen MR) is 78.8 cm³/mol. The number of hydrogen-bond acceptors (Lipinski definition) is 1. The summed E-state index contributed by atoms with van der Waals surface area (Å²) < 4.78 is 27.2. The number of benzene rings is 1. The summed E-state index contributed by atoms with van der Waals surface area (Å²) in [6.45, 7) is 8.21. The van der Waals surface area contributed by atoms with Gasteiger partial charge in [0.2, 0.25) is 0 Å².